The summed E-state index contributed by atoms with van der Waals surface area (Å²) in [4.78, 5) is 12.0. The maximum absolute atomic E-state index is 12.0. The van der Waals surface area contributed by atoms with E-state index in [1.807, 2.05) is 31.3 Å². The predicted octanol–water partition coefficient (Wildman–Crippen LogP) is 3.27. The number of pyridine rings is 1. The molecule has 0 spiro atoms. The minimum Gasteiger partial charge on any atom is -0.347 e. The molecule has 0 unspecified atom stereocenters. The van der Waals surface area contributed by atoms with Gasteiger partial charge in [-0.3, -0.25) is 4.79 Å². The number of hydrogen-bond acceptors (Lipinski definition) is 1. The zero-order valence-electron chi connectivity index (χ0n) is 10.6. The molecule has 0 aliphatic carbocycles. The Kier molecular flexibility index (Phi) is 3.62. The van der Waals surface area contributed by atoms with Crippen LogP contribution in [0.25, 0.3) is 10.9 Å². The number of hydrogen-bond donors (Lipinski definition) is 0. The summed E-state index contributed by atoms with van der Waals surface area (Å²) < 4.78 is 2.15. The van der Waals surface area contributed by atoms with Gasteiger partial charge in [0.15, 0.2) is 5.43 Å². The Morgan fingerprint density at radius 3 is 2.71 bits per heavy atom. The van der Waals surface area contributed by atoms with Crippen LogP contribution in [0.15, 0.2) is 35.1 Å². The molecule has 2 heteroatoms. The number of rotatable bonds is 4. The molecule has 90 valence electrons. The Balaban J connectivity index is 2.44. The van der Waals surface area contributed by atoms with Crippen LogP contribution >= 0.6 is 0 Å². The lowest BCUT2D eigenvalue weighted by atomic mass is 10.1. The Labute approximate surface area is 102 Å². The minimum absolute atomic E-state index is 0.144. The zero-order valence-corrected chi connectivity index (χ0v) is 10.6. The van der Waals surface area contributed by atoms with Crippen molar-refractivity contribution in [1.29, 1.82) is 0 Å². The number of aromatic nitrogens is 1. The molecule has 0 fully saturated rings. The highest BCUT2D eigenvalue weighted by molar-refractivity contribution is 5.79. The van der Waals surface area contributed by atoms with Gasteiger partial charge < -0.3 is 4.57 Å². The molecule has 0 bridgehead atoms. The van der Waals surface area contributed by atoms with Crippen molar-refractivity contribution in [3.8, 4) is 0 Å². The van der Waals surface area contributed by atoms with Crippen molar-refractivity contribution in [2.24, 2.45) is 7.05 Å². The van der Waals surface area contributed by atoms with E-state index in [1.165, 1.54) is 12.8 Å². The van der Waals surface area contributed by atoms with E-state index in [0.29, 0.717) is 0 Å². The summed E-state index contributed by atoms with van der Waals surface area (Å²) in [6, 6.07) is 9.60. The van der Waals surface area contributed by atoms with E-state index in [0.717, 1.165) is 29.4 Å². The molecule has 0 amide bonds. The summed E-state index contributed by atoms with van der Waals surface area (Å²) >= 11 is 0. The molecule has 2 nitrogen and oxygen atoms in total. The van der Waals surface area contributed by atoms with Gasteiger partial charge in [0.2, 0.25) is 0 Å². The van der Waals surface area contributed by atoms with Gasteiger partial charge in [0.1, 0.15) is 0 Å². The third-order valence-electron chi connectivity index (χ3n) is 3.30. The summed E-state index contributed by atoms with van der Waals surface area (Å²) in [7, 11) is 2.04. The molecular weight excluding hydrogens is 210 g/mol. The Morgan fingerprint density at radius 1 is 1.18 bits per heavy atom. The molecule has 1 aromatic carbocycles. The van der Waals surface area contributed by atoms with Gasteiger partial charge in [0.25, 0.3) is 0 Å². The molecule has 1 heterocycles. The largest absolute Gasteiger partial charge is 0.347 e. The lowest BCUT2D eigenvalue weighted by Gasteiger charge is -2.11. The van der Waals surface area contributed by atoms with Crippen LogP contribution in [0.3, 0.4) is 0 Å². The van der Waals surface area contributed by atoms with Crippen molar-refractivity contribution in [3.63, 3.8) is 0 Å². The van der Waals surface area contributed by atoms with Crippen molar-refractivity contribution in [2.75, 3.05) is 0 Å². The topological polar surface area (TPSA) is 22.0 Å². The van der Waals surface area contributed by atoms with Gasteiger partial charge in [-0.15, -0.1) is 0 Å². The van der Waals surface area contributed by atoms with Gasteiger partial charge in [-0.2, -0.15) is 0 Å². The zero-order chi connectivity index (χ0) is 12.3. The fourth-order valence-corrected chi connectivity index (χ4v) is 2.25. The van der Waals surface area contributed by atoms with Gasteiger partial charge in [-0.25, -0.2) is 0 Å². The standard InChI is InChI=1S/C15H19NO/c1-3-4-5-8-12-11-15(17)13-9-6-7-10-14(13)16(12)2/h6-7,9-11H,3-5,8H2,1-2H3. The number of nitrogens with zero attached hydrogens (tertiary/aromatic N) is 1. The molecule has 0 saturated heterocycles. The molecule has 1 aromatic heterocycles. The number of unbranched alkanes of at least 4 members (excludes halogenated alkanes) is 2. The third-order valence-corrected chi connectivity index (χ3v) is 3.30. The van der Waals surface area contributed by atoms with Crippen molar-refractivity contribution in [1.82, 2.24) is 4.57 Å². The lowest BCUT2D eigenvalue weighted by molar-refractivity contribution is 0.686. The van der Waals surface area contributed by atoms with E-state index in [-0.39, 0.29) is 5.43 Å². The summed E-state index contributed by atoms with van der Waals surface area (Å²) in [5, 5.41) is 0.814. The van der Waals surface area contributed by atoms with E-state index in [9.17, 15) is 4.79 Å². The SMILES string of the molecule is CCCCCc1cc(=O)c2ccccc2n1C. The molecule has 0 aliphatic rings. The first-order valence-corrected chi connectivity index (χ1v) is 6.31. The highest BCUT2D eigenvalue weighted by atomic mass is 16.1. The Bertz CT molecular complexity index is 569. The first kappa shape index (κ1) is 11.9. The van der Waals surface area contributed by atoms with Crippen molar-refractivity contribution in [3.05, 3.63) is 46.2 Å². The molecular formula is C15H19NO. The van der Waals surface area contributed by atoms with E-state index in [4.69, 9.17) is 0 Å². The van der Waals surface area contributed by atoms with Crippen LogP contribution in [0.1, 0.15) is 31.9 Å². The van der Waals surface area contributed by atoms with Gasteiger partial charge in [0.05, 0.1) is 5.52 Å². The van der Waals surface area contributed by atoms with Crippen LogP contribution in [0.4, 0.5) is 0 Å². The van der Waals surface area contributed by atoms with Crippen LogP contribution in [-0.4, -0.2) is 4.57 Å². The fourth-order valence-electron chi connectivity index (χ4n) is 2.25. The minimum atomic E-state index is 0.144. The second-order valence-corrected chi connectivity index (χ2v) is 4.53. The van der Waals surface area contributed by atoms with Gasteiger partial charge in [0, 0.05) is 24.2 Å². The van der Waals surface area contributed by atoms with Crippen molar-refractivity contribution < 1.29 is 0 Å². The average Bonchev–Trinajstić information content (AvgIpc) is 2.36. The molecule has 2 rings (SSSR count). The number of fused-ring (bicyclic) bond motifs is 1. The maximum Gasteiger partial charge on any atom is 0.189 e. The van der Waals surface area contributed by atoms with Crippen LogP contribution in [0.2, 0.25) is 0 Å². The quantitative estimate of drug-likeness (QED) is 0.737. The molecule has 0 radical (unpaired) electrons. The van der Waals surface area contributed by atoms with Gasteiger partial charge in [-0.1, -0.05) is 31.9 Å². The Hall–Kier alpha value is -1.57. The van der Waals surface area contributed by atoms with Crippen LogP contribution in [0, 0.1) is 0 Å². The second kappa shape index (κ2) is 5.17. The highest BCUT2D eigenvalue weighted by Gasteiger charge is 2.05. The second-order valence-electron chi connectivity index (χ2n) is 4.53. The van der Waals surface area contributed by atoms with Gasteiger partial charge in [-0.05, 0) is 25.0 Å². The van der Waals surface area contributed by atoms with E-state index >= 15 is 0 Å². The predicted molar refractivity (Wildman–Crippen MR) is 72.4 cm³/mol. The maximum atomic E-state index is 12.0. The van der Waals surface area contributed by atoms with E-state index in [2.05, 4.69) is 11.5 Å². The van der Waals surface area contributed by atoms with Crippen LogP contribution in [-0.2, 0) is 13.5 Å². The summed E-state index contributed by atoms with van der Waals surface area (Å²) in [5.74, 6) is 0. The van der Waals surface area contributed by atoms with Crippen LogP contribution in [0.5, 0.6) is 0 Å². The van der Waals surface area contributed by atoms with E-state index in [1.54, 1.807) is 6.07 Å². The van der Waals surface area contributed by atoms with Crippen molar-refractivity contribution >= 4 is 10.9 Å². The van der Waals surface area contributed by atoms with Crippen molar-refractivity contribution in [2.45, 2.75) is 32.6 Å². The molecule has 2 aromatic rings. The normalized spacial score (nSPS) is 10.9. The summed E-state index contributed by atoms with van der Waals surface area (Å²) in [6.07, 6.45) is 4.58. The smallest absolute Gasteiger partial charge is 0.189 e. The van der Waals surface area contributed by atoms with E-state index < -0.39 is 0 Å². The molecule has 0 aliphatic heterocycles. The van der Waals surface area contributed by atoms with Crippen LogP contribution < -0.4 is 5.43 Å². The summed E-state index contributed by atoms with van der Waals surface area (Å²) in [6.45, 7) is 2.19. The summed E-state index contributed by atoms with van der Waals surface area (Å²) in [5.41, 5.74) is 2.32. The third kappa shape index (κ3) is 2.41. The lowest BCUT2D eigenvalue weighted by Crippen LogP contribution is -2.11. The average molecular weight is 229 g/mol. The first-order chi connectivity index (χ1) is 8.24. The molecule has 17 heavy (non-hydrogen) atoms. The number of aryl methyl sites for hydroxylation is 2. The first-order valence-electron chi connectivity index (χ1n) is 6.31. The Morgan fingerprint density at radius 2 is 1.94 bits per heavy atom. The molecule has 0 saturated carbocycles. The number of benzene rings is 1. The highest BCUT2D eigenvalue weighted by Crippen LogP contribution is 2.13. The fraction of sp³-hybridized carbons (Fsp3) is 0.400. The molecule has 0 atom stereocenters. The molecule has 0 N–H and O–H groups in total. The monoisotopic (exact) mass is 229 g/mol. The van der Waals surface area contributed by atoms with Gasteiger partial charge >= 0.3 is 0 Å². The number of para-hydroxylation sites is 1.